The van der Waals surface area contributed by atoms with Gasteiger partial charge in [0.2, 0.25) is 0 Å². The Bertz CT molecular complexity index is 534. The highest BCUT2D eigenvalue weighted by Crippen LogP contribution is 2.39. The molecule has 0 saturated heterocycles. The van der Waals surface area contributed by atoms with E-state index in [1.165, 1.54) is 108 Å². The molecule has 2 saturated carbocycles. The van der Waals surface area contributed by atoms with Gasteiger partial charge in [0.15, 0.2) is 0 Å². The molecule has 2 fully saturated rings. The molecule has 0 N–H and O–H groups in total. The quantitative estimate of drug-likeness (QED) is 0.325. The summed E-state index contributed by atoms with van der Waals surface area (Å²) in [6.45, 7) is 2.31. The van der Waals surface area contributed by atoms with Gasteiger partial charge in [0.05, 0.1) is 0 Å². The maximum atomic E-state index is 13.3. The van der Waals surface area contributed by atoms with E-state index < -0.39 is 0 Å². The van der Waals surface area contributed by atoms with E-state index in [-0.39, 0.29) is 5.82 Å². The molecule has 2 aliphatic carbocycles. The monoisotopic (exact) mass is 400 g/mol. The predicted octanol–water partition coefficient (Wildman–Crippen LogP) is 9.12. The van der Waals surface area contributed by atoms with Crippen LogP contribution in [0.2, 0.25) is 0 Å². The fraction of sp³-hybridized carbons (Fsp3) is 0.786. The third-order valence-electron chi connectivity index (χ3n) is 8.11. The van der Waals surface area contributed by atoms with Crippen molar-refractivity contribution in [3.63, 3.8) is 0 Å². The minimum Gasteiger partial charge on any atom is -0.207 e. The SMILES string of the molecule is CCCCCCC1CCC(CCC(Cc2ccc(F)cc2)C2CCCCC2)CC1. The third-order valence-corrected chi connectivity index (χ3v) is 8.11. The van der Waals surface area contributed by atoms with Crippen LogP contribution in [0.1, 0.15) is 115 Å². The van der Waals surface area contributed by atoms with Gasteiger partial charge in [0, 0.05) is 0 Å². The molecule has 1 unspecified atom stereocenters. The van der Waals surface area contributed by atoms with E-state index in [9.17, 15) is 4.39 Å². The van der Waals surface area contributed by atoms with Gasteiger partial charge in [0.25, 0.3) is 0 Å². The van der Waals surface area contributed by atoms with E-state index in [0.717, 1.165) is 30.1 Å². The Hall–Kier alpha value is -0.850. The highest BCUT2D eigenvalue weighted by Gasteiger charge is 2.26. The molecule has 1 aromatic carbocycles. The second-order valence-electron chi connectivity index (χ2n) is 10.3. The summed E-state index contributed by atoms with van der Waals surface area (Å²) in [5.41, 5.74) is 1.35. The van der Waals surface area contributed by atoms with Gasteiger partial charge in [-0.05, 0) is 54.2 Å². The van der Waals surface area contributed by atoms with Gasteiger partial charge in [0.1, 0.15) is 5.82 Å². The molecular formula is C28H45F. The fourth-order valence-electron chi connectivity index (χ4n) is 6.15. The van der Waals surface area contributed by atoms with Crippen LogP contribution in [0.3, 0.4) is 0 Å². The van der Waals surface area contributed by atoms with E-state index in [2.05, 4.69) is 6.92 Å². The second-order valence-corrected chi connectivity index (χ2v) is 10.3. The van der Waals surface area contributed by atoms with E-state index in [1.54, 1.807) is 12.1 Å². The molecule has 0 heterocycles. The summed E-state index contributed by atoms with van der Waals surface area (Å²) in [6, 6.07) is 7.34. The fourth-order valence-corrected chi connectivity index (χ4v) is 6.15. The summed E-state index contributed by atoms with van der Waals surface area (Å²) in [5.74, 6) is 3.61. The van der Waals surface area contributed by atoms with E-state index in [1.807, 2.05) is 12.1 Å². The summed E-state index contributed by atoms with van der Waals surface area (Å²) in [5, 5.41) is 0. The molecule has 0 radical (unpaired) electrons. The highest BCUT2D eigenvalue weighted by atomic mass is 19.1. The lowest BCUT2D eigenvalue weighted by atomic mass is 9.72. The molecule has 0 nitrogen and oxygen atoms in total. The summed E-state index contributed by atoms with van der Waals surface area (Å²) < 4.78 is 13.3. The molecule has 1 aromatic rings. The first-order valence-electron chi connectivity index (χ1n) is 13.0. The molecule has 164 valence electrons. The number of hydrogen-bond donors (Lipinski definition) is 0. The van der Waals surface area contributed by atoms with Crippen LogP contribution >= 0.6 is 0 Å². The average Bonchev–Trinajstić information content (AvgIpc) is 2.77. The van der Waals surface area contributed by atoms with Crippen molar-refractivity contribution in [1.82, 2.24) is 0 Å². The smallest absolute Gasteiger partial charge is 0.123 e. The Morgan fingerprint density at radius 1 is 0.793 bits per heavy atom. The Morgan fingerprint density at radius 2 is 1.45 bits per heavy atom. The van der Waals surface area contributed by atoms with Crippen LogP contribution in [-0.2, 0) is 6.42 Å². The van der Waals surface area contributed by atoms with Crippen molar-refractivity contribution in [2.24, 2.45) is 23.7 Å². The molecule has 1 atom stereocenters. The van der Waals surface area contributed by atoms with Gasteiger partial charge >= 0.3 is 0 Å². The molecule has 0 spiro atoms. The zero-order valence-corrected chi connectivity index (χ0v) is 19.0. The van der Waals surface area contributed by atoms with E-state index >= 15 is 0 Å². The minimum atomic E-state index is -0.102. The topological polar surface area (TPSA) is 0 Å². The Labute approximate surface area is 180 Å². The van der Waals surface area contributed by atoms with Crippen LogP contribution in [0.25, 0.3) is 0 Å². The normalized spacial score (nSPS) is 24.5. The lowest BCUT2D eigenvalue weighted by molar-refractivity contribution is 0.196. The van der Waals surface area contributed by atoms with E-state index in [4.69, 9.17) is 0 Å². The lowest BCUT2D eigenvalue weighted by Crippen LogP contribution is -2.22. The first-order chi connectivity index (χ1) is 14.2. The largest absolute Gasteiger partial charge is 0.207 e. The number of rotatable bonds is 11. The maximum absolute atomic E-state index is 13.3. The van der Waals surface area contributed by atoms with Crippen molar-refractivity contribution >= 4 is 0 Å². The standard InChI is InChI=1S/C28H45F/c1-2-3-4-6-9-23-12-14-24(15-13-23)16-19-27(26-10-7-5-8-11-26)22-25-17-20-28(29)21-18-25/h17-18,20-21,23-24,26-27H,2-16,19,22H2,1H3. The van der Waals surface area contributed by atoms with Crippen molar-refractivity contribution < 1.29 is 4.39 Å². The van der Waals surface area contributed by atoms with Crippen molar-refractivity contribution in [1.29, 1.82) is 0 Å². The van der Waals surface area contributed by atoms with Crippen LogP contribution < -0.4 is 0 Å². The molecule has 0 aromatic heterocycles. The highest BCUT2D eigenvalue weighted by molar-refractivity contribution is 5.16. The van der Waals surface area contributed by atoms with Gasteiger partial charge in [-0.1, -0.05) is 115 Å². The second kappa shape index (κ2) is 12.8. The molecule has 3 rings (SSSR count). The Balaban J connectivity index is 1.44. The van der Waals surface area contributed by atoms with Crippen LogP contribution in [0.4, 0.5) is 4.39 Å². The zero-order chi connectivity index (χ0) is 20.3. The summed E-state index contributed by atoms with van der Waals surface area (Å²) >= 11 is 0. The third kappa shape index (κ3) is 8.06. The molecule has 2 aliphatic rings. The van der Waals surface area contributed by atoms with Crippen LogP contribution in [0.5, 0.6) is 0 Å². The van der Waals surface area contributed by atoms with Crippen LogP contribution in [0.15, 0.2) is 24.3 Å². The number of halogens is 1. The number of hydrogen-bond acceptors (Lipinski definition) is 0. The van der Waals surface area contributed by atoms with Gasteiger partial charge in [-0.25, -0.2) is 4.39 Å². The number of unbranched alkanes of at least 4 members (excludes halogenated alkanes) is 3. The molecule has 29 heavy (non-hydrogen) atoms. The Kier molecular flexibility index (Phi) is 10.0. The average molecular weight is 401 g/mol. The first kappa shape index (κ1) is 22.8. The van der Waals surface area contributed by atoms with Gasteiger partial charge < -0.3 is 0 Å². The van der Waals surface area contributed by atoms with Crippen LogP contribution in [0, 0.1) is 29.5 Å². The lowest BCUT2D eigenvalue weighted by Gasteiger charge is -2.33. The summed E-state index contributed by atoms with van der Waals surface area (Å²) in [4.78, 5) is 0. The van der Waals surface area contributed by atoms with Gasteiger partial charge in [-0.15, -0.1) is 0 Å². The van der Waals surface area contributed by atoms with Crippen molar-refractivity contribution in [3.05, 3.63) is 35.6 Å². The Morgan fingerprint density at radius 3 is 2.10 bits per heavy atom. The van der Waals surface area contributed by atoms with Crippen LogP contribution in [-0.4, -0.2) is 0 Å². The van der Waals surface area contributed by atoms with Crippen molar-refractivity contribution in [3.8, 4) is 0 Å². The molecule has 0 aliphatic heterocycles. The van der Waals surface area contributed by atoms with Crippen molar-refractivity contribution in [2.45, 2.75) is 116 Å². The van der Waals surface area contributed by atoms with E-state index in [0.29, 0.717) is 0 Å². The van der Waals surface area contributed by atoms with Gasteiger partial charge in [-0.2, -0.15) is 0 Å². The predicted molar refractivity (Wildman–Crippen MR) is 124 cm³/mol. The molecule has 0 bridgehead atoms. The first-order valence-corrected chi connectivity index (χ1v) is 13.0. The molecule has 1 heteroatoms. The van der Waals surface area contributed by atoms with Gasteiger partial charge in [-0.3, -0.25) is 0 Å². The zero-order valence-electron chi connectivity index (χ0n) is 19.0. The molecular weight excluding hydrogens is 355 g/mol. The number of benzene rings is 1. The minimum absolute atomic E-state index is 0.102. The summed E-state index contributed by atoms with van der Waals surface area (Å²) in [7, 11) is 0. The maximum Gasteiger partial charge on any atom is 0.123 e. The molecule has 0 amide bonds. The van der Waals surface area contributed by atoms with Crippen molar-refractivity contribution in [2.75, 3.05) is 0 Å². The summed E-state index contributed by atoms with van der Waals surface area (Å²) in [6.07, 6.45) is 24.2.